The van der Waals surface area contributed by atoms with Crippen LogP contribution in [0.2, 0.25) is 0 Å². The van der Waals surface area contributed by atoms with E-state index in [2.05, 4.69) is 4.90 Å². The molecule has 2 N–H and O–H groups in total. The lowest BCUT2D eigenvalue weighted by atomic mass is 10.1. The van der Waals surface area contributed by atoms with Gasteiger partial charge < -0.3 is 15.4 Å². The minimum Gasteiger partial charge on any atom is -0.497 e. The van der Waals surface area contributed by atoms with Crippen molar-refractivity contribution in [3.8, 4) is 5.75 Å². The second-order valence-electron chi connectivity index (χ2n) is 5.46. The Bertz CT molecular complexity index is 508. The molecule has 1 aliphatic heterocycles. The predicted octanol–water partition coefficient (Wildman–Crippen LogP) is 0.257. The topological polar surface area (TPSA) is 75.9 Å². The molecule has 1 heterocycles. The number of rotatable bonds is 6. The molecular weight excluding hydrogens is 282 g/mol. The summed E-state index contributed by atoms with van der Waals surface area (Å²) in [6, 6.07) is 7.56. The third-order valence-electron chi connectivity index (χ3n) is 3.91. The Balaban J connectivity index is 1.78. The summed E-state index contributed by atoms with van der Waals surface area (Å²) >= 11 is 0. The van der Waals surface area contributed by atoms with Crippen LogP contribution >= 0.6 is 0 Å². The van der Waals surface area contributed by atoms with Crippen molar-refractivity contribution in [2.75, 3.05) is 39.8 Å². The number of nitrogens with zero attached hydrogens (tertiary/aromatic N) is 2. The molecule has 0 aromatic heterocycles. The Morgan fingerprint density at radius 3 is 2.32 bits per heavy atom. The molecule has 0 spiro atoms. The van der Waals surface area contributed by atoms with E-state index in [9.17, 15) is 9.59 Å². The highest BCUT2D eigenvalue weighted by Crippen LogP contribution is 2.13. The number of methoxy groups -OCH3 is 1. The van der Waals surface area contributed by atoms with Crippen LogP contribution in [0.4, 0.5) is 0 Å². The first kappa shape index (κ1) is 16.3. The van der Waals surface area contributed by atoms with Gasteiger partial charge in [-0.3, -0.25) is 14.5 Å². The Morgan fingerprint density at radius 2 is 1.77 bits per heavy atom. The van der Waals surface area contributed by atoms with Gasteiger partial charge in [0.2, 0.25) is 11.8 Å². The van der Waals surface area contributed by atoms with E-state index in [1.54, 1.807) is 7.11 Å². The highest BCUT2D eigenvalue weighted by Gasteiger charge is 2.21. The van der Waals surface area contributed by atoms with E-state index in [4.69, 9.17) is 10.5 Å². The van der Waals surface area contributed by atoms with Crippen molar-refractivity contribution in [2.45, 2.75) is 12.8 Å². The second kappa shape index (κ2) is 7.79. The summed E-state index contributed by atoms with van der Waals surface area (Å²) in [5.41, 5.74) is 6.14. The molecule has 0 radical (unpaired) electrons. The first-order chi connectivity index (χ1) is 10.6. The van der Waals surface area contributed by atoms with Gasteiger partial charge in [0.1, 0.15) is 5.75 Å². The quantitative estimate of drug-likeness (QED) is 0.818. The molecular formula is C16H23N3O3. The van der Waals surface area contributed by atoms with E-state index in [-0.39, 0.29) is 11.8 Å². The average Bonchev–Trinajstić information content (AvgIpc) is 2.54. The molecule has 0 aliphatic carbocycles. The summed E-state index contributed by atoms with van der Waals surface area (Å²) in [5.74, 6) is 0.650. The van der Waals surface area contributed by atoms with Gasteiger partial charge in [0.25, 0.3) is 0 Å². The lowest BCUT2D eigenvalue weighted by Crippen LogP contribution is -2.49. The molecule has 1 fully saturated rings. The molecule has 0 unspecified atom stereocenters. The number of primary amides is 1. The highest BCUT2D eigenvalue weighted by molar-refractivity contribution is 5.79. The van der Waals surface area contributed by atoms with Gasteiger partial charge in [0, 0.05) is 39.1 Å². The first-order valence-corrected chi connectivity index (χ1v) is 7.50. The van der Waals surface area contributed by atoms with Crippen molar-refractivity contribution < 1.29 is 14.3 Å². The number of benzene rings is 1. The van der Waals surface area contributed by atoms with Crippen LogP contribution in [0, 0.1) is 0 Å². The van der Waals surface area contributed by atoms with Crippen molar-refractivity contribution in [3.63, 3.8) is 0 Å². The van der Waals surface area contributed by atoms with Crippen LogP contribution in [0.15, 0.2) is 24.3 Å². The molecule has 1 aromatic carbocycles. The van der Waals surface area contributed by atoms with Gasteiger partial charge in [-0.2, -0.15) is 0 Å². The normalized spacial score (nSPS) is 15.6. The maximum Gasteiger partial charge on any atom is 0.227 e. The fraction of sp³-hybridized carbons (Fsp3) is 0.500. The lowest BCUT2D eigenvalue weighted by molar-refractivity contribution is -0.132. The lowest BCUT2D eigenvalue weighted by Gasteiger charge is -2.34. The predicted molar refractivity (Wildman–Crippen MR) is 83.5 cm³/mol. The van der Waals surface area contributed by atoms with Gasteiger partial charge in [-0.25, -0.2) is 0 Å². The zero-order chi connectivity index (χ0) is 15.9. The molecule has 22 heavy (non-hydrogen) atoms. The minimum absolute atomic E-state index is 0.139. The van der Waals surface area contributed by atoms with Gasteiger partial charge in [-0.1, -0.05) is 12.1 Å². The van der Waals surface area contributed by atoms with Crippen LogP contribution in [-0.4, -0.2) is 61.4 Å². The average molecular weight is 305 g/mol. The molecule has 120 valence electrons. The second-order valence-corrected chi connectivity index (χ2v) is 5.46. The Labute approximate surface area is 130 Å². The van der Waals surface area contributed by atoms with E-state index in [1.165, 1.54) is 0 Å². The van der Waals surface area contributed by atoms with Gasteiger partial charge in [-0.05, 0) is 17.7 Å². The number of hydrogen-bond donors (Lipinski definition) is 1. The van der Waals surface area contributed by atoms with E-state index in [1.807, 2.05) is 29.2 Å². The van der Waals surface area contributed by atoms with Gasteiger partial charge >= 0.3 is 0 Å². The molecule has 1 saturated heterocycles. The molecule has 6 heteroatoms. The molecule has 1 aliphatic rings. The number of carbonyl (C=O) groups excluding carboxylic acids is 2. The number of amides is 2. The molecule has 1 aromatic rings. The van der Waals surface area contributed by atoms with E-state index in [0.29, 0.717) is 32.5 Å². The van der Waals surface area contributed by atoms with Gasteiger partial charge in [0.05, 0.1) is 13.5 Å². The molecule has 2 rings (SSSR count). The zero-order valence-electron chi connectivity index (χ0n) is 13.0. The molecule has 0 saturated carbocycles. The number of ether oxygens (including phenoxy) is 1. The SMILES string of the molecule is COc1ccc(CC(=O)N2CCN(CCC(N)=O)CC2)cc1. The maximum atomic E-state index is 12.3. The van der Waals surface area contributed by atoms with Crippen molar-refractivity contribution in [3.05, 3.63) is 29.8 Å². The maximum absolute atomic E-state index is 12.3. The van der Waals surface area contributed by atoms with Crippen molar-refractivity contribution >= 4 is 11.8 Å². The van der Waals surface area contributed by atoms with Crippen LogP contribution in [0.25, 0.3) is 0 Å². The van der Waals surface area contributed by atoms with E-state index < -0.39 is 0 Å². The Hall–Kier alpha value is -2.08. The number of piperazine rings is 1. The number of hydrogen-bond acceptors (Lipinski definition) is 4. The molecule has 0 bridgehead atoms. The van der Waals surface area contributed by atoms with Crippen LogP contribution in [0.1, 0.15) is 12.0 Å². The molecule has 2 amide bonds. The third-order valence-corrected chi connectivity index (χ3v) is 3.91. The van der Waals surface area contributed by atoms with Crippen LogP contribution < -0.4 is 10.5 Å². The summed E-state index contributed by atoms with van der Waals surface area (Å²) in [6.45, 7) is 3.67. The molecule has 6 nitrogen and oxygen atoms in total. The van der Waals surface area contributed by atoms with Crippen molar-refractivity contribution in [1.29, 1.82) is 0 Å². The third kappa shape index (κ3) is 4.73. The van der Waals surface area contributed by atoms with Crippen molar-refractivity contribution in [1.82, 2.24) is 9.80 Å². The Morgan fingerprint density at radius 1 is 1.14 bits per heavy atom. The van der Waals surface area contributed by atoms with Crippen molar-refractivity contribution in [2.24, 2.45) is 5.73 Å². The smallest absolute Gasteiger partial charge is 0.227 e. The van der Waals surface area contributed by atoms with Gasteiger partial charge in [0.15, 0.2) is 0 Å². The number of carbonyl (C=O) groups is 2. The van der Waals surface area contributed by atoms with E-state index in [0.717, 1.165) is 24.4 Å². The monoisotopic (exact) mass is 305 g/mol. The standard InChI is InChI=1S/C16H23N3O3/c1-22-14-4-2-13(3-5-14)12-16(21)19-10-8-18(9-11-19)7-6-15(17)20/h2-5H,6-12H2,1H3,(H2,17,20). The van der Waals surface area contributed by atoms with Gasteiger partial charge in [-0.15, -0.1) is 0 Å². The van der Waals surface area contributed by atoms with Crippen LogP contribution in [0.5, 0.6) is 5.75 Å². The highest BCUT2D eigenvalue weighted by atomic mass is 16.5. The summed E-state index contributed by atoms with van der Waals surface area (Å²) in [4.78, 5) is 27.1. The fourth-order valence-electron chi connectivity index (χ4n) is 2.52. The summed E-state index contributed by atoms with van der Waals surface area (Å²) in [7, 11) is 1.62. The Kier molecular flexibility index (Phi) is 5.77. The fourth-order valence-corrected chi connectivity index (χ4v) is 2.52. The summed E-state index contributed by atoms with van der Waals surface area (Å²) < 4.78 is 5.11. The summed E-state index contributed by atoms with van der Waals surface area (Å²) in [5, 5.41) is 0. The van der Waals surface area contributed by atoms with Crippen LogP contribution in [0.3, 0.4) is 0 Å². The van der Waals surface area contributed by atoms with Crippen LogP contribution in [-0.2, 0) is 16.0 Å². The minimum atomic E-state index is -0.280. The van der Waals surface area contributed by atoms with E-state index >= 15 is 0 Å². The zero-order valence-corrected chi connectivity index (χ0v) is 13.0. The largest absolute Gasteiger partial charge is 0.497 e. The summed E-state index contributed by atoms with van der Waals surface area (Å²) in [6.07, 6.45) is 0.783. The number of nitrogens with two attached hydrogens (primary N) is 1. The first-order valence-electron chi connectivity index (χ1n) is 7.50. The molecule has 0 atom stereocenters.